The molecular formula is C20H19N7O2S. The summed E-state index contributed by atoms with van der Waals surface area (Å²) >= 11 is 1.34. The largest absolute Gasteiger partial charge is 0.438 e. The number of tetrazole rings is 1. The molecule has 30 heavy (non-hydrogen) atoms. The van der Waals surface area contributed by atoms with E-state index in [9.17, 15) is 4.79 Å². The van der Waals surface area contributed by atoms with Crippen LogP contribution in [0, 0.1) is 18.3 Å². The smallest absolute Gasteiger partial charge is 0.237 e. The SMILES string of the molecule is Cc1cc(Oc2ncccc2C#N)ccc1NC(=O)C(C)Sc1nnnn1C1CC1. The number of ether oxygens (including phenoxy) is 1. The second-order valence-corrected chi connectivity index (χ2v) is 8.24. The zero-order chi connectivity index (χ0) is 21.1. The van der Waals surface area contributed by atoms with E-state index in [2.05, 4.69) is 31.9 Å². The Hall–Kier alpha value is -3.45. The number of amides is 1. The van der Waals surface area contributed by atoms with Crippen molar-refractivity contribution in [1.29, 1.82) is 5.26 Å². The van der Waals surface area contributed by atoms with Crippen molar-refractivity contribution in [2.45, 2.75) is 43.1 Å². The number of thioether (sulfide) groups is 1. The number of carbonyl (C=O) groups is 1. The van der Waals surface area contributed by atoms with E-state index in [1.807, 2.05) is 13.8 Å². The molecule has 1 saturated carbocycles. The van der Waals surface area contributed by atoms with Crippen molar-refractivity contribution in [3.8, 4) is 17.7 Å². The zero-order valence-electron chi connectivity index (χ0n) is 16.4. The van der Waals surface area contributed by atoms with Crippen molar-refractivity contribution in [2.24, 2.45) is 0 Å². The van der Waals surface area contributed by atoms with Crippen molar-refractivity contribution >= 4 is 23.4 Å². The van der Waals surface area contributed by atoms with Crippen LogP contribution in [-0.2, 0) is 4.79 Å². The second kappa shape index (κ2) is 8.51. The van der Waals surface area contributed by atoms with Crippen molar-refractivity contribution in [2.75, 3.05) is 5.32 Å². The number of hydrogen-bond acceptors (Lipinski definition) is 8. The van der Waals surface area contributed by atoms with Crippen molar-refractivity contribution in [3.05, 3.63) is 47.7 Å². The summed E-state index contributed by atoms with van der Waals surface area (Å²) in [6, 6.07) is 11.0. The van der Waals surface area contributed by atoms with E-state index in [0.717, 1.165) is 18.4 Å². The van der Waals surface area contributed by atoms with Crippen molar-refractivity contribution in [1.82, 2.24) is 25.2 Å². The number of pyridine rings is 1. The van der Waals surface area contributed by atoms with E-state index in [0.29, 0.717) is 28.2 Å². The molecule has 1 aromatic carbocycles. The van der Waals surface area contributed by atoms with Gasteiger partial charge >= 0.3 is 0 Å². The molecule has 4 rings (SSSR count). The molecule has 0 saturated heterocycles. The van der Waals surface area contributed by atoms with Gasteiger partial charge in [-0.05, 0) is 73.0 Å². The van der Waals surface area contributed by atoms with Crippen LogP contribution in [0.4, 0.5) is 5.69 Å². The fourth-order valence-corrected chi connectivity index (χ4v) is 3.63. The normalized spacial score (nSPS) is 14.0. The average Bonchev–Trinajstić information content (AvgIpc) is 3.49. The van der Waals surface area contributed by atoms with E-state index in [1.165, 1.54) is 11.8 Å². The number of nitrogens with zero attached hydrogens (tertiary/aromatic N) is 6. The first-order chi connectivity index (χ1) is 14.5. The van der Waals surface area contributed by atoms with Gasteiger partial charge in [0.15, 0.2) is 0 Å². The molecule has 0 spiro atoms. The first kappa shape index (κ1) is 19.8. The van der Waals surface area contributed by atoms with Crippen LogP contribution < -0.4 is 10.1 Å². The fraction of sp³-hybridized carbons (Fsp3) is 0.300. The van der Waals surface area contributed by atoms with Gasteiger partial charge in [-0.1, -0.05) is 11.8 Å². The van der Waals surface area contributed by atoms with Crippen molar-refractivity contribution < 1.29 is 9.53 Å². The van der Waals surface area contributed by atoms with Crippen LogP contribution in [0.25, 0.3) is 0 Å². The number of anilines is 1. The fourth-order valence-electron chi connectivity index (χ4n) is 2.77. The van der Waals surface area contributed by atoms with Crippen LogP contribution in [0.15, 0.2) is 41.7 Å². The van der Waals surface area contributed by atoms with Crippen LogP contribution in [0.1, 0.15) is 36.9 Å². The van der Waals surface area contributed by atoms with Gasteiger partial charge in [-0.25, -0.2) is 9.67 Å². The van der Waals surface area contributed by atoms with Gasteiger partial charge in [-0.2, -0.15) is 5.26 Å². The van der Waals surface area contributed by atoms with Gasteiger partial charge < -0.3 is 10.1 Å². The summed E-state index contributed by atoms with van der Waals surface area (Å²) in [5.74, 6) is 0.639. The van der Waals surface area contributed by atoms with Gasteiger partial charge in [0.25, 0.3) is 0 Å². The minimum absolute atomic E-state index is 0.140. The molecule has 10 heteroatoms. The molecule has 1 amide bonds. The Bertz CT molecular complexity index is 1120. The topological polar surface area (TPSA) is 119 Å². The Morgan fingerprint density at radius 2 is 2.23 bits per heavy atom. The molecule has 3 aromatic rings. The van der Waals surface area contributed by atoms with Gasteiger partial charge in [0.1, 0.15) is 17.4 Å². The summed E-state index contributed by atoms with van der Waals surface area (Å²) in [6.07, 6.45) is 3.71. The van der Waals surface area contributed by atoms with Gasteiger partial charge in [-0.3, -0.25) is 4.79 Å². The van der Waals surface area contributed by atoms with Gasteiger partial charge in [-0.15, -0.1) is 5.10 Å². The minimum Gasteiger partial charge on any atom is -0.438 e. The molecule has 1 aliphatic rings. The highest BCUT2D eigenvalue weighted by atomic mass is 32.2. The predicted octanol–water partition coefficient (Wildman–Crippen LogP) is 3.49. The van der Waals surface area contributed by atoms with Crippen LogP contribution in [0.5, 0.6) is 11.6 Å². The lowest BCUT2D eigenvalue weighted by atomic mass is 10.2. The molecule has 2 aromatic heterocycles. The zero-order valence-corrected chi connectivity index (χ0v) is 17.3. The van der Waals surface area contributed by atoms with Crippen LogP contribution >= 0.6 is 11.8 Å². The number of nitrogens with one attached hydrogen (secondary N) is 1. The molecule has 2 heterocycles. The summed E-state index contributed by atoms with van der Waals surface area (Å²) in [5.41, 5.74) is 1.87. The molecule has 0 radical (unpaired) electrons. The number of benzene rings is 1. The molecule has 1 atom stereocenters. The van der Waals surface area contributed by atoms with E-state index in [1.54, 1.807) is 41.2 Å². The first-order valence-electron chi connectivity index (χ1n) is 9.44. The number of carbonyl (C=O) groups excluding carboxylic acids is 1. The van der Waals surface area contributed by atoms with Crippen LogP contribution in [0.3, 0.4) is 0 Å². The maximum atomic E-state index is 12.7. The number of nitriles is 1. The summed E-state index contributed by atoms with van der Waals surface area (Å²) in [7, 11) is 0. The third-order valence-electron chi connectivity index (χ3n) is 4.57. The number of aromatic nitrogens is 5. The van der Waals surface area contributed by atoms with E-state index in [-0.39, 0.29) is 17.0 Å². The number of hydrogen-bond donors (Lipinski definition) is 1. The quantitative estimate of drug-likeness (QED) is 0.576. The molecule has 1 fully saturated rings. The maximum absolute atomic E-state index is 12.7. The molecule has 152 valence electrons. The predicted molar refractivity (Wildman–Crippen MR) is 110 cm³/mol. The van der Waals surface area contributed by atoms with Gasteiger partial charge in [0.2, 0.25) is 16.9 Å². The molecule has 0 bridgehead atoms. The first-order valence-corrected chi connectivity index (χ1v) is 10.3. The maximum Gasteiger partial charge on any atom is 0.237 e. The lowest BCUT2D eigenvalue weighted by Crippen LogP contribution is -2.23. The van der Waals surface area contributed by atoms with Gasteiger partial charge in [0, 0.05) is 11.9 Å². The highest BCUT2D eigenvalue weighted by molar-refractivity contribution is 8.00. The Balaban J connectivity index is 1.41. The Labute approximate surface area is 177 Å². The molecule has 1 N–H and O–H groups in total. The van der Waals surface area contributed by atoms with E-state index >= 15 is 0 Å². The third kappa shape index (κ3) is 4.41. The summed E-state index contributed by atoms with van der Waals surface area (Å²) in [4.78, 5) is 16.8. The highest BCUT2D eigenvalue weighted by Crippen LogP contribution is 2.37. The minimum atomic E-state index is -0.365. The van der Waals surface area contributed by atoms with E-state index in [4.69, 9.17) is 10.00 Å². The molecule has 1 aliphatic carbocycles. The monoisotopic (exact) mass is 421 g/mol. The molecular weight excluding hydrogens is 402 g/mol. The Kier molecular flexibility index (Phi) is 5.63. The lowest BCUT2D eigenvalue weighted by molar-refractivity contribution is -0.115. The van der Waals surface area contributed by atoms with Crippen LogP contribution in [0.2, 0.25) is 0 Å². The second-order valence-electron chi connectivity index (χ2n) is 6.93. The van der Waals surface area contributed by atoms with Gasteiger partial charge in [0.05, 0.1) is 11.3 Å². The molecule has 1 unspecified atom stereocenters. The summed E-state index contributed by atoms with van der Waals surface area (Å²) in [5, 5.41) is 24.1. The molecule has 0 aliphatic heterocycles. The lowest BCUT2D eigenvalue weighted by Gasteiger charge is -2.14. The number of rotatable bonds is 7. The van der Waals surface area contributed by atoms with Crippen molar-refractivity contribution in [3.63, 3.8) is 0 Å². The third-order valence-corrected chi connectivity index (χ3v) is 5.62. The Morgan fingerprint density at radius 1 is 1.40 bits per heavy atom. The summed E-state index contributed by atoms with van der Waals surface area (Å²) in [6.45, 7) is 3.70. The standard InChI is InChI=1S/C20H19N7O2S/c1-12-10-16(29-19-14(11-21)4-3-9-22-19)7-8-17(12)23-18(28)13(2)30-20-24-25-26-27(20)15-5-6-15/h3-4,7-10,13,15H,5-6H2,1-2H3,(H,23,28). The summed E-state index contributed by atoms with van der Waals surface area (Å²) < 4.78 is 7.52. The Morgan fingerprint density at radius 3 is 2.97 bits per heavy atom. The average molecular weight is 421 g/mol. The number of aryl methyl sites for hydroxylation is 1. The highest BCUT2D eigenvalue weighted by Gasteiger charge is 2.29. The molecule has 9 nitrogen and oxygen atoms in total. The van der Waals surface area contributed by atoms with E-state index < -0.39 is 0 Å². The van der Waals surface area contributed by atoms with Crippen LogP contribution in [-0.4, -0.2) is 36.3 Å².